The molecule has 0 saturated carbocycles. The second kappa shape index (κ2) is 7.39. The molecule has 0 amide bonds. The molecule has 4 rings (SSSR count). The van der Waals surface area contributed by atoms with Gasteiger partial charge in [-0.15, -0.1) is 21.5 Å². The zero-order valence-electron chi connectivity index (χ0n) is 12.9. The standard InChI is InChI=1S/C18H12ClN3OS2/c19-14-8-6-13(7-9-14)17-20-15(10-24-17)11-25-18-22-21-16(23-18)12-4-2-1-3-5-12/h1-10H,11H2. The highest BCUT2D eigenvalue weighted by Gasteiger charge is 2.10. The number of thioether (sulfide) groups is 1. The molecule has 7 heteroatoms. The summed E-state index contributed by atoms with van der Waals surface area (Å²) in [7, 11) is 0. The Morgan fingerprint density at radius 1 is 0.960 bits per heavy atom. The minimum absolute atomic E-state index is 0.531. The highest BCUT2D eigenvalue weighted by Crippen LogP contribution is 2.29. The van der Waals surface area contributed by atoms with Crippen LogP contribution in [0.4, 0.5) is 0 Å². The summed E-state index contributed by atoms with van der Waals surface area (Å²) in [6.45, 7) is 0. The number of hydrogen-bond acceptors (Lipinski definition) is 6. The van der Waals surface area contributed by atoms with E-state index in [4.69, 9.17) is 16.0 Å². The van der Waals surface area contributed by atoms with Crippen LogP contribution in [-0.2, 0) is 5.75 Å². The highest BCUT2D eigenvalue weighted by atomic mass is 35.5. The van der Waals surface area contributed by atoms with Crippen molar-refractivity contribution in [3.8, 4) is 22.0 Å². The fourth-order valence-electron chi connectivity index (χ4n) is 2.20. The molecule has 0 N–H and O–H groups in total. The molecular formula is C18H12ClN3OS2. The maximum absolute atomic E-state index is 5.92. The number of benzene rings is 2. The number of aromatic nitrogens is 3. The van der Waals surface area contributed by atoms with Crippen molar-refractivity contribution in [1.29, 1.82) is 0 Å². The van der Waals surface area contributed by atoms with Crippen LogP contribution in [0.3, 0.4) is 0 Å². The molecule has 0 bridgehead atoms. The van der Waals surface area contributed by atoms with Crippen LogP contribution in [0, 0.1) is 0 Å². The van der Waals surface area contributed by atoms with Crippen molar-refractivity contribution < 1.29 is 4.42 Å². The first-order chi connectivity index (χ1) is 12.3. The first kappa shape index (κ1) is 16.3. The minimum atomic E-state index is 0.531. The molecular weight excluding hydrogens is 374 g/mol. The monoisotopic (exact) mass is 385 g/mol. The summed E-state index contributed by atoms with van der Waals surface area (Å²) >= 11 is 9.02. The first-order valence-corrected chi connectivity index (χ1v) is 9.74. The van der Waals surface area contributed by atoms with Gasteiger partial charge < -0.3 is 4.42 Å². The molecule has 0 aliphatic rings. The van der Waals surface area contributed by atoms with Gasteiger partial charge in [0.2, 0.25) is 5.89 Å². The van der Waals surface area contributed by atoms with Crippen LogP contribution in [0.1, 0.15) is 5.69 Å². The quantitative estimate of drug-likeness (QED) is 0.406. The number of hydrogen-bond donors (Lipinski definition) is 0. The van der Waals surface area contributed by atoms with Crippen LogP contribution in [-0.4, -0.2) is 15.2 Å². The van der Waals surface area contributed by atoms with E-state index in [2.05, 4.69) is 15.2 Å². The summed E-state index contributed by atoms with van der Waals surface area (Å²) in [6, 6.07) is 17.4. The third-order valence-electron chi connectivity index (χ3n) is 3.41. The summed E-state index contributed by atoms with van der Waals surface area (Å²) < 4.78 is 5.70. The van der Waals surface area contributed by atoms with E-state index in [1.165, 1.54) is 11.8 Å². The summed E-state index contributed by atoms with van der Waals surface area (Å²) in [5.74, 6) is 1.21. The average Bonchev–Trinajstić information content (AvgIpc) is 3.31. The molecule has 0 spiro atoms. The van der Waals surface area contributed by atoms with Crippen LogP contribution in [0.2, 0.25) is 5.02 Å². The lowest BCUT2D eigenvalue weighted by molar-refractivity contribution is 0.466. The lowest BCUT2D eigenvalue weighted by Gasteiger charge is -1.96. The lowest BCUT2D eigenvalue weighted by atomic mass is 10.2. The summed E-state index contributed by atoms with van der Waals surface area (Å²) in [5, 5.41) is 12.5. The SMILES string of the molecule is Clc1ccc(-c2nc(CSc3nnc(-c4ccccc4)o3)cs2)cc1. The Morgan fingerprint density at radius 3 is 2.56 bits per heavy atom. The molecule has 2 aromatic carbocycles. The van der Waals surface area contributed by atoms with Crippen LogP contribution in [0.15, 0.2) is 69.6 Å². The van der Waals surface area contributed by atoms with Crippen LogP contribution in [0.5, 0.6) is 0 Å². The summed E-state index contributed by atoms with van der Waals surface area (Å²) in [5.41, 5.74) is 2.97. The molecule has 0 atom stereocenters. The molecule has 0 unspecified atom stereocenters. The molecule has 0 saturated heterocycles. The number of rotatable bonds is 5. The highest BCUT2D eigenvalue weighted by molar-refractivity contribution is 7.98. The van der Waals surface area contributed by atoms with E-state index >= 15 is 0 Å². The Labute approximate surface area is 157 Å². The van der Waals surface area contributed by atoms with E-state index in [-0.39, 0.29) is 0 Å². The Balaban J connectivity index is 1.42. The van der Waals surface area contributed by atoms with Gasteiger partial charge in [0.05, 0.1) is 5.69 Å². The molecule has 2 aromatic heterocycles. The summed E-state index contributed by atoms with van der Waals surface area (Å²) in [6.07, 6.45) is 0. The van der Waals surface area contributed by atoms with Crippen molar-refractivity contribution in [1.82, 2.24) is 15.2 Å². The third-order valence-corrected chi connectivity index (χ3v) is 5.46. The van der Waals surface area contributed by atoms with E-state index in [1.54, 1.807) is 11.3 Å². The van der Waals surface area contributed by atoms with Gasteiger partial charge in [0.25, 0.3) is 5.22 Å². The molecule has 0 aliphatic carbocycles. The van der Waals surface area contributed by atoms with Gasteiger partial charge >= 0.3 is 0 Å². The first-order valence-electron chi connectivity index (χ1n) is 7.50. The van der Waals surface area contributed by atoms with Crippen molar-refractivity contribution >= 4 is 34.7 Å². The Morgan fingerprint density at radius 2 is 1.76 bits per heavy atom. The van der Waals surface area contributed by atoms with Crippen LogP contribution in [0.25, 0.3) is 22.0 Å². The van der Waals surface area contributed by atoms with Gasteiger partial charge in [-0.2, -0.15) is 0 Å². The predicted molar refractivity (Wildman–Crippen MR) is 102 cm³/mol. The van der Waals surface area contributed by atoms with Crippen LogP contribution < -0.4 is 0 Å². The second-order valence-corrected chi connectivity index (χ2v) is 7.40. The zero-order chi connectivity index (χ0) is 17.1. The van der Waals surface area contributed by atoms with Crippen molar-refractivity contribution in [2.45, 2.75) is 11.0 Å². The zero-order valence-corrected chi connectivity index (χ0v) is 15.3. The van der Waals surface area contributed by atoms with Crippen molar-refractivity contribution in [3.63, 3.8) is 0 Å². The molecule has 25 heavy (non-hydrogen) atoms. The van der Waals surface area contributed by atoms with Gasteiger partial charge in [0.15, 0.2) is 0 Å². The maximum Gasteiger partial charge on any atom is 0.277 e. The van der Waals surface area contributed by atoms with Gasteiger partial charge in [-0.1, -0.05) is 53.7 Å². The topological polar surface area (TPSA) is 51.8 Å². The number of halogens is 1. The fraction of sp³-hybridized carbons (Fsp3) is 0.0556. The van der Waals surface area contributed by atoms with E-state index in [1.807, 2.05) is 60.0 Å². The van der Waals surface area contributed by atoms with Crippen molar-refractivity contribution in [2.24, 2.45) is 0 Å². The van der Waals surface area contributed by atoms with Crippen molar-refractivity contribution in [2.75, 3.05) is 0 Å². The van der Waals surface area contributed by atoms with E-state index in [0.717, 1.165) is 26.9 Å². The Hall–Kier alpha value is -2.15. The van der Waals surface area contributed by atoms with Gasteiger partial charge in [-0.25, -0.2) is 4.98 Å². The van der Waals surface area contributed by atoms with E-state index in [9.17, 15) is 0 Å². The summed E-state index contributed by atoms with van der Waals surface area (Å²) in [4.78, 5) is 4.65. The van der Waals surface area contributed by atoms with E-state index in [0.29, 0.717) is 16.9 Å². The molecule has 0 fully saturated rings. The number of thiazole rings is 1. The Bertz CT molecular complexity index is 967. The van der Waals surface area contributed by atoms with Gasteiger partial charge in [-0.05, 0) is 24.3 Å². The van der Waals surface area contributed by atoms with Gasteiger partial charge in [0, 0.05) is 27.3 Å². The smallest absolute Gasteiger partial charge is 0.277 e. The lowest BCUT2D eigenvalue weighted by Crippen LogP contribution is -1.82. The largest absolute Gasteiger partial charge is 0.411 e. The molecule has 124 valence electrons. The Kier molecular flexibility index (Phi) is 4.83. The van der Waals surface area contributed by atoms with E-state index < -0.39 is 0 Å². The van der Waals surface area contributed by atoms with Gasteiger partial charge in [-0.3, -0.25) is 0 Å². The minimum Gasteiger partial charge on any atom is -0.411 e. The second-order valence-electron chi connectivity index (χ2n) is 5.18. The maximum atomic E-state index is 5.92. The molecule has 0 aliphatic heterocycles. The number of nitrogens with zero attached hydrogens (tertiary/aromatic N) is 3. The fourth-order valence-corrected chi connectivity index (χ4v) is 3.91. The molecule has 2 heterocycles. The third kappa shape index (κ3) is 3.92. The molecule has 4 aromatic rings. The normalized spacial score (nSPS) is 10.9. The van der Waals surface area contributed by atoms with Crippen LogP contribution >= 0.6 is 34.7 Å². The van der Waals surface area contributed by atoms with Gasteiger partial charge in [0.1, 0.15) is 5.01 Å². The molecule has 4 nitrogen and oxygen atoms in total. The molecule has 0 radical (unpaired) electrons. The average molecular weight is 386 g/mol. The van der Waals surface area contributed by atoms with Crippen molar-refractivity contribution in [3.05, 3.63) is 70.7 Å². The predicted octanol–water partition coefficient (Wildman–Crippen LogP) is 5.81.